The second-order valence-corrected chi connectivity index (χ2v) is 8.16. The summed E-state index contributed by atoms with van der Waals surface area (Å²) in [6.45, 7) is 4.17. The second-order valence-electron chi connectivity index (χ2n) is 8.16. The predicted molar refractivity (Wildman–Crippen MR) is 119 cm³/mol. The van der Waals surface area contributed by atoms with E-state index in [4.69, 9.17) is 10.00 Å². The summed E-state index contributed by atoms with van der Waals surface area (Å²) in [4.78, 5) is 12.8. The third-order valence-electron chi connectivity index (χ3n) is 6.03. The van der Waals surface area contributed by atoms with Crippen molar-refractivity contribution in [3.05, 3.63) is 59.4 Å². The summed E-state index contributed by atoms with van der Waals surface area (Å²) in [7, 11) is 0. The number of carbonyl (C=O) groups excluding carboxylic acids is 1. The number of hydrogen-bond acceptors (Lipinski definition) is 3. The van der Waals surface area contributed by atoms with Crippen molar-refractivity contribution in [3.8, 4) is 6.07 Å². The molecule has 0 aromatic heterocycles. The number of ether oxygens (including phenoxy) is 1. The van der Waals surface area contributed by atoms with Crippen molar-refractivity contribution in [2.45, 2.75) is 83.7 Å². The number of nitrogens with zero attached hydrogens (tertiary/aromatic N) is 1. The summed E-state index contributed by atoms with van der Waals surface area (Å²) >= 11 is 0. The summed E-state index contributed by atoms with van der Waals surface area (Å²) in [6.07, 6.45) is 13.9. The summed E-state index contributed by atoms with van der Waals surface area (Å²) < 4.78 is 18.5. The van der Waals surface area contributed by atoms with Crippen LogP contribution in [-0.4, -0.2) is 12.1 Å². The van der Waals surface area contributed by atoms with Crippen LogP contribution >= 0.6 is 0 Å². The van der Waals surface area contributed by atoms with Gasteiger partial charge in [-0.15, -0.1) is 0 Å². The Hall–Kier alpha value is -2.41. The molecule has 30 heavy (non-hydrogen) atoms. The molecule has 1 aliphatic carbocycles. The predicted octanol–water partition coefficient (Wildman–Crippen LogP) is 7.41. The van der Waals surface area contributed by atoms with Crippen LogP contribution < -0.4 is 0 Å². The third kappa shape index (κ3) is 7.44. The standard InChI is InChI=1S/C26H34FNO2/c1-3-10-23(4-2)30-26(29)25-14-9-8-13-24(25)21-17-15-20(16-18-21)11-6-5-7-12-22(27)19-28/h5,7-9,12-14,20-21,23H,3-4,6,10-11,15-18H2,1-2H3/b7-5+,22-12?. The van der Waals surface area contributed by atoms with Gasteiger partial charge >= 0.3 is 5.97 Å². The van der Waals surface area contributed by atoms with Gasteiger partial charge in [-0.2, -0.15) is 9.65 Å². The third-order valence-corrected chi connectivity index (χ3v) is 6.03. The van der Waals surface area contributed by atoms with E-state index in [0.717, 1.165) is 68.9 Å². The first-order valence-corrected chi connectivity index (χ1v) is 11.3. The second kappa shape index (κ2) is 13.0. The molecule has 1 fully saturated rings. The van der Waals surface area contributed by atoms with Gasteiger partial charge in [0.25, 0.3) is 0 Å². The van der Waals surface area contributed by atoms with E-state index in [9.17, 15) is 9.18 Å². The van der Waals surface area contributed by atoms with Gasteiger partial charge in [0.05, 0.1) is 5.56 Å². The summed E-state index contributed by atoms with van der Waals surface area (Å²) in [5.74, 6) is 0.114. The van der Waals surface area contributed by atoms with E-state index in [2.05, 4.69) is 19.9 Å². The molecular formula is C26H34FNO2. The highest BCUT2D eigenvalue weighted by molar-refractivity contribution is 5.91. The van der Waals surface area contributed by atoms with E-state index >= 15 is 0 Å². The molecule has 1 aromatic rings. The number of allylic oxidation sites excluding steroid dienone is 4. The minimum absolute atomic E-state index is 0.00386. The molecule has 1 atom stereocenters. The normalized spacial score (nSPS) is 20.7. The zero-order valence-electron chi connectivity index (χ0n) is 18.3. The first-order chi connectivity index (χ1) is 14.6. The van der Waals surface area contributed by atoms with Crippen LogP contribution in [0.3, 0.4) is 0 Å². The molecule has 4 heteroatoms. The summed E-state index contributed by atoms with van der Waals surface area (Å²) in [6, 6.07) is 9.39. The molecule has 0 radical (unpaired) electrons. The number of esters is 1. The zero-order valence-corrected chi connectivity index (χ0v) is 18.3. The van der Waals surface area contributed by atoms with Crippen molar-refractivity contribution >= 4 is 5.97 Å². The van der Waals surface area contributed by atoms with Gasteiger partial charge in [0, 0.05) is 0 Å². The van der Waals surface area contributed by atoms with Crippen LogP contribution in [0.1, 0.15) is 93.5 Å². The maximum absolute atomic E-state index is 12.8. The van der Waals surface area contributed by atoms with Crippen molar-refractivity contribution in [1.29, 1.82) is 5.26 Å². The van der Waals surface area contributed by atoms with E-state index in [0.29, 0.717) is 11.8 Å². The van der Waals surface area contributed by atoms with Gasteiger partial charge in [-0.3, -0.25) is 0 Å². The molecule has 162 valence electrons. The molecule has 0 N–H and O–H groups in total. The lowest BCUT2D eigenvalue weighted by Crippen LogP contribution is -2.20. The summed E-state index contributed by atoms with van der Waals surface area (Å²) in [5.41, 5.74) is 1.86. The molecule has 2 rings (SSSR count). The van der Waals surface area contributed by atoms with Gasteiger partial charge in [-0.05, 0) is 80.9 Å². The van der Waals surface area contributed by atoms with Crippen molar-refractivity contribution in [1.82, 2.24) is 0 Å². The lowest BCUT2D eigenvalue weighted by atomic mass is 9.76. The SMILES string of the molecule is CCCC(CC)OC(=O)c1ccccc1C1CCC(CC/C=C/C=C(F)C#N)CC1. The van der Waals surface area contributed by atoms with Gasteiger partial charge in [0.2, 0.25) is 0 Å². The lowest BCUT2D eigenvalue weighted by Gasteiger charge is -2.29. The minimum Gasteiger partial charge on any atom is -0.459 e. The largest absolute Gasteiger partial charge is 0.459 e. The van der Waals surface area contributed by atoms with Gasteiger partial charge in [0.15, 0.2) is 5.83 Å². The van der Waals surface area contributed by atoms with E-state index in [1.54, 1.807) is 6.08 Å². The molecule has 1 saturated carbocycles. The maximum atomic E-state index is 12.8. The number of hydrogen-bond donors (Lipinski definition) is 0. The maximum Gasteiger partial charge on any atom is 0.338 e. The van der Waals surface area contributed by atoms with Crippen molar-refractivity contribution < 1.29 is 13.9 Å². The minimum atomic E-state index is -0.760. The number of nitriles is 1. The Balaban J connectivity index is 1.90. The van der Waals surface area contributed by atoms with Crippen LogP contribution in [-0.2, 0) is 4.74 Å². The van der Waals surface area contributed by atoms with Crippen LogP contribution in [0.15, 0.2) is 48.3 Å². The first kappa shape index (κ1) is 23.9. The molecule has 0 saturated heterocycles. The Morgan fingerprint density at radius 1 is 1.27 bits per heavy atom. The van der Waals surface area contributed by atoms with E-state index in [1.807, 2.05) is 24.3 Å². The molecule has 0 bridgehead atoms. The van der Waals surface area contributed by atoms with E-state index in [-0.39, 0.29) is 12.1 Å². The molecule has 1 aromatic carbocycles. The molecule has 0 amide bonds. The van der Waals surface area contributed by atoms with Gasteiger partial charge in [-0.25, -0.2) is 4.79 Å². The molecular weight excluding hydrogens is 377 g/mol. The van der Waals surface area contributed by atoms with Crippen molar-refractivity contribution in [2.24, 2.45) is 5.92 Å². The molecule has 0 aliphatic heterocycles. The Morgan fingerprint density at radius 3 is 2.67 bits per heavy atom. The van der Waals surface area contributed by atoms with Crippen molar-refractivity contribution in [3.63, 3.8) is 0 Å². The van der Waals surface area contributed by atoms with Crippen LogP contribution in [0.25, 0.3) is 0 Å². The number of rotatable bonds is 10. The van der Waals surface area contributed by atoms with E-state index in [1.165, 1.54) is 12.1 Å². The topological polar surface area (TPSA) is 50.1 Å². The molecule has 0 spiro atoms. The molecule has 3 nitrogen and oxygen atoms in total. The van der Waals surface area contributed by atoms with E-state index < -0.39 is 5.83 Å². The van der Waals surface area contributed by atoms with Gasteiger partial charge < -0.3 is 4.74 Å². The fourth-order valence-corrected chi connectivity index (χ4v) is 4.30. The first-order valence-electron chi connectivity index (χ1n) is 11.3. The number of benzene rings is 1. The quantitative estimate of drug-likeness (QED) is 0.229. The highest BCUT2D eigenvalue weighted by atomic mass is 19.1. The summed E-state index contributed by atoms with van der Waals surface area (Å²) in [5, 5.41) is 8.39. The van der Waals surface area contributed by atoms with Crippen molar-refractivity contribution in [2.75, 3.05) is 0 Å². The van der Waals surface area contributed by atoms with Gasteiger partial charge in [0.1, 0.15) is 12.2 Å². The number of halogens is 1. The fraction of sp³-hybridized carbons (Fsp3) is 0.538. The Labute approximate surface area is 180 Å². The highest BCUT2D eigenvalue weighted by Gasteiger charge is 2.26. The lowest BCUT2D eigenvalue weighted by molar-refractivity contribution is 0.0269. The fourth-order valence-electron chi connectivity index (χ4n) is 4.30. The Morgan fingerprint density at radius 2 is 2.00 bits per heavy atom. The average molecular weight is 412 g/mol. The Bertz CT molecular complexity index is 769. The van der Waals surface area contributed by atoms with Crippen LogP contribution in [0.2, 0.25) is 0 Å². The van der Waals surface area contributed by atoms with Crippen LogP contribution in [0.4, 0.5) is 4.39 Å². The molecule has 1 unspecified atom stereocenters. The van der Waals surface area contributed by atoms with Crippen LogP contribution in [0, 0.1) is 17.2 Å². The number of carbonyl (C=O) groups is 1. The van der Waals surface area contributed by atoms with Gasteiger partial charge in [-0.1, -0.05) is 50.6 Å². The molecule has 0 heterocycles. The average Bonchev–Trinajstić information content (AvgIpc) is 2.78. The molecule has 1 aliphatic rings. The zero-order chi connectivity index (χ0) is 21.8. The smallest absolute Gasteiger partial charge is 0.338 e. The highest BCUT2D eigenvalue weighted by Crippen LogP contribution is 2.39. The Kier molecular flexibility index (Phi) is 10.3. The monoisotopic (exact) mass is 411 g/mol. The van der Waals surface area contributed by atoms with Crippen LogP contribution in [0.5, 0.6) is 0 Å².